The molecule has 0 spiro atoms. The normalized spacial score (nSPS) is 25.3. The summed E-state index contributed by atoms with van der Waals surface area (Å²) in [5.74, 6) is 3.46. The Labute approximate surface area is 213 Å². The molecule has 2 fully saturated rings. The van der Waals surface area contributed by atoms with Crippen LogP contribution in [0.25, 0.3) is 0 Å². The number of thiophene rings is 1. The number of hydrogen-bond donors (Lipinski definition) is 0. The minimum atomic E-state index is -0.342. The smallest absolute Gasteiger partial charge is 0.330 e. The molecule has 170 valence electrons. The number of thioether (sulfide) groups is 6. The molecular formula is C20H24O4S7. The van der Waals surface area contributed by atoms with E-state index in [-0.39, 0.29) is 11.9 Å². The maximum absolute atomic E-state index is 11.2. The summed E-state index contributed by atoms with van der Waals surface area (Å²) in [6.45, 7) is 7.80. The first-order valence-corrected chi connectivity index (χ1v) is 16.4. The lowest BCUT2D eigenvalue weighted by molar-refractivity contribution is -0.138. The Balaban J connectivity index is 1.35. The van der Waals surface area contributed by atoms with Gasteiger partial charge in [-0.05, 0) is 0 Å². The summed E-state index contributed by atoms with van der Waals surface area (Å²) < 4.78 is 11.4. The zero-order valence-corrected chi connectivity index (χ0v) is 22.5. The predicted octanol–water partition coefficient (Wildman–Crippen LogP) is 5.74. The molecule has 0 amide bonds. The van der Waals surface area contributed by atoms with Crippen LogP contribution in [0.1, 0.15) is 0 Å². The second-order valence-corrected chi connectivity index (χ2v) is 15.4. The Morgan fingerprint density at radius 1 is 0.903 bits per heavy atom. The fourth-order valence-electron chi connectivity index (χ4n) is 2.63. The SMILES string of the molecule is C=CC(=O)OCC1CSC(CSc2cscc2SCC2SCC(COC(=O)C=C)S2)S1. The summed E-state index contributed by atoms with van der Waals surface area (Å²) in [5.41, 5.74) is 0. The number of carbonyl (C=O) groups excluding carboxylic acids is 2. The largest absolute Gasteiger partial charge is 0.461 e. The zero-order valence-electron chi connectivity index (χ0n) is 16.8. The van der Waals surface area contributed by atoms with Gasteiger partial charge >= 0.3 is 11.9 Å². The van der Waals surface area contributed by atoms with Crippen molar-refractivity contribution in [1.29, 1.82) is 0 Å². The third-order valence-corrected chi connectivity index (χ3v) is 14.9. The average molecular weight is 553 g/mol. The molecular weight excluding hydrogens is 529 g/mol. The second kappa shape index (κ2) is 13.8. The molecule has 0 N–H and O–H groups in total. The van der Waals surface area contributed by atoms with Gasteiger partial charge in [0.1, 0.15) is 13.2 Å². The van der Waals surface area contributed by atoms with Gasteiger partial charge in [0.25, 0.3) is 0 Å². The maximum Gasteiger partial charge on any atom is 0.330 e. The zero-order chi connectivity index (χ0) is 22.1. The highest BCUT2D eigenvalue weighted by atomic mass is 32.2. The lowest BCUT2D eigenvalue weighted by atomic mass is 10.5. The summed E-state index contributed by atoms with van der Waals surface area (Å²) in [4.78, 5) is 25.2. The van der Waals surface area contributed by atoms with Crippen LogP contribution in [0.15, 0.2) is 45.9 Å². The van der Waals surface area contributed by atoms with E-state index in [0.29, 0.717) is 32.9 Å². The molecule has 2 aliphatic heterocycles. The van der Waals surface area contributed by atoms with Gasteiger partial charge in [0, 0.05) is 66.2 Å². The second-order valence-electron chi connectivity index (χ2n) is 6.43. The molecule has 0 saturated carbocycles. The molecule has 2 aliphatic rings. The summed E-state index contributed by atoms with van der Waals surface area (Å²) in [5, 5.41) is 5.22. The van der Waals surface area contributed by atoms with Crippen LogP contribution in [0.4, 0.5) is 0 Å². The van der Waals surface area contributed by atoms with Crippen molar-refractivity contribution in [1.82, 2.24) is 0 Å². The van der Waals surface area contributed by atoms with E-state index in [1.54, 1.807) is 11.3 Å². The summed E-state index contributed by atoms with van der Waals surface area (Å²) in [6, 6.07) is 0. The van der Waals surface area contributed by atoms with Crippen molar-refractivity contribution in [2.45, 2.75) is 29.5 Å². The van der Waals surface area contributed by atoms with Gasteiger partial charge in [-0.1, -0.05) is 13.2 Å². The molecule has 4 atom stereocenters. The van der Waals surface area contributed by atoms with Crippen LogP contribution in [0.2, 0.25) is 0 Å². The number of carbonyl (C=O) groups is 2. The Kier molecular flexibility index (Phi) is 11.5. The monoisotopic (exact) mass is 552 g/mol. The average Bonchev–Trinajstić information content (AvgIpc) is 3.53. The molecule has 11 heteroatoms. The fraction of sp³-hybridized carbons (Fsp3) is 0.500. The van der Waals surface area contributed by atoms with Crippen molar-refractivity contribution >= 4 is 93.8 Å². The van der Waals surface area contributed by atoms with Gasteiger partial charge in [0.15, 0.2) is 0 Å². The van der Waals surface area contributed by atoms with Gasteiger partial charge in [-0.25, -0.2) is 9.59 Å². The lowest BCUT2D eigenvalue weighted by Crippen LogP contribution is -2.14. The Bertz CT molecular complexity index is 708. The van der Waals surface area contributed by atoms with E-state index >= 15 is 0 Å². The molecule has 3 rings (SSSR count). The number of rotatable bonds is 12. The lowest BCUT2D eigenvalue weighted by Gasteiger charge is -2.12. The van der Waals surface area contributed by atoms with Crippen LogP contribution in [0.3, 0.4) is 0 Å². The van der Waals surface area contributed by atoms with Gasteiger partial charge in [-0.2, -0.15) is 11.3 Å². The first kappa shape index (κ1) is 25.8. The van der Waals surface area contributed by atoms with Gasteiger partial charge in [0.05, 0.1) is 9.16 Å². The van der Waals surface area contributed by atoms with E-state index in [1.165, 1.54) is 21.9 Å². The predicted molar refractivity (Wildman–Crippen MR) is 143 cm³/mol. The summed E-state index contributed by atoms with van der Waals surface area (Å²) in [7, 11) is 0. The maximum atomic E-state index is 11.2. The van der Waals surface area contributed by atoms with Crippen molar-refractivity contribution < 1.29 is 19.1 Å². The van der Waals surface area contributed by atoms with Crippen molar-refractivity contribution in [2.24, 2.45) is 0 Å². The molecule has 0 bridgehead atoms. The van der Waals surface area contributed by atoms with E-state index in [4.69, 9.17) is 9.47 Å². The standard InChI is InChI=1S/C20H24O4S7/c1-3-17(21)23-5-13-7-28-19(30-13)11-26-15-9-25-10-16(15)27-12-20-29-8-14(31-20)6-24-18(22)4-2/h3-4,9-10,13-14,19-20H,1-2,5-8,11-12H2. The van der Waals surface area contributed by atoms with Crippen LogP contribution < -0.4 is 0 Å². The Morgan fingerprint density at radius 3 is 1.77 bits per heavy atom. The molecule has 1 aromatic heterocycles. The number of esters is 2. The van der Waals surface area contributed by atoms with E-state index in [0.717, 1.165) is 23.0 Å². The number of ether oxygens (including phenoxy) is 2. The minimum absolute atomic E-state index is 0.342. The van der Waals surface area contributed by atoms with Crippen molar-refractivity contribution in [3.05, 3.63) is 36.1 Å². The Hall–Kier alpha value is 0.220. The van der Waals surface area contributed by atoms with E-state index in [9.17, 15) is 9.59 Å². The fourth-order valence-corrected chi connectivity index (χ4v) is 13.2. The van der Waals surface area contributed by atoms with Crippen LogP contribution in [0, 0.1) is 0 Å². The van der Waals surface area contributed by atoms with Gasteiger partial charge in [-0.3, -0.25) is 0 Å². The first-order chi connectivity index (χ1) is 15.1. The van der Waals surface area contributed by atoms with Crippen molar-refractivity contribution in [3.8, 4) is 0 Å². The molecule has 0 radical (unpaired) electrons. The minimum Gasteiger partial charge on any atom is -0.461 e. The van der Waals surface area contributed by atoms with Gasteiger partial charge in [0.2, 0.25) is 0 Å². The van der Waals surface area contributed by atoms with Gasteiger partial charge in [-0.15, -0.1) is 70.6 Å². The highest BCUT2D eigenvalue weighted by Crippen LogP contribution is 2.45. The molecule has 4 unspecified atom stereocenters. The highest BCUT2D eigenvalue weighted by Gasteiger charge is 2.28. The van der Waals surface area contributed by atoms with Crippen LogP contribution in [-0.4, -0.2) is 67.8 Å². The van der Waals surface area contributed by atoms with Crippen LogP contribution >= 0.6 is 81.9 Å². The van der Waals surface area contributed by atoms with Crippen LogP contribution in [-0.2, 0) is 19.1 Å². The van der Waals surface area contributed by atoms with E-state index < -0.39 is 0 Å². The summed E-state index contributed by atoms with van der Waals surface area (Å²) in [6.07, 6.45) is 2.44. The molecule has 31 heavy (non-hydrogen) atoms. The molecule has 1 aromatic rings. The van der Waals surface area contributed by atoms with Crippen LogP contribution in [0.5, 0.6) is 0 Å². The summed E-state index contributed by atoms with van der Waals surface area (Å²) >= 11 is 13.3. The van der Waals surface area contributed by atoms with E-state index in [2.05, 4.69) is 23.9 Å². The highest BCUT2D eigenvalue weighted by molar-refractivity contribution is 8.22. The number of hydrogen-bond acceptors (Lipinski definition) is 11. The Morgan fingerprint density at radius 2 is 1.35 bits per heavy atom. The quantitative estimate of drug-likeness (QED) is 0.182. The molecule has 2 saturated heterocycles. The third-order valence-electron chi connectivity index (χ3n) is 4.12. The first-order valence-electron chi connectivity index (χ1n) is 9.51. The molecule has 4 nitrogen and oxygen atoms in total. The third kappa shape index (κ3) is 8.83. The topological polar surface area (TPSA) is 52.6 Å². The molecule has 0 aliphatic carbocycles. The molecule has 3 heterocycles. The van der Waals surface area contributed by atoms with Crippen molar-refractivity contribution in [3.63, 3.8) is 0 Å². The van der Waals surface area contributed by atoms with Gasteiger partial charge < -0.3 is 9.47 Å². The van der Waals surface area contributed by atoms with Crippen molar-refractivity contribution in [2.75, 3.05) is 36.2 Å². The van der Waals surface area contributed by atoms with E-state index in [1.807, 2.05) is 70.6 Å². The molecule has 0 aromatic carbocycles.